The molecule has 0 N–H and O–H groups in total. The maximum atomic E-state index is 13.3. The summed E-state index contributed by atoms with van der Waals surface area (Å²) in [6.07, 6.45) is 13.7. The van der Waals surface area contributed by atoms with Crippen LogP contribution in [0, 0.1) is 0 Å². The molecule has 0 bridgehead atoms. The fourth-order valence-electron chi connectivity index (χ4n) is 3.32. The molecular weight excluding hydrogens is 206 g/mol. The molecule has 0 nitrogen and oxygen atoms in total. The summed E-state index contributed by atoms with van der Waals surface area (Å²) in [5.41, 5.74) is 1.59. The van der Waals surface area contributed by atoms with Gasteiger partial charge in [0.2, 0.25) is 0 Å². The van der Waals surface area contributed by atoms with Gasteiger partial charge in [-0.25, -0.2) is 4.39 Å². The lowest BCUT2D eigenvalue weighted by Crippen LogP contribution is -2.21. The molecule has 2 fully saturated rings. The van der Waals surface area contributed by atoms with Crippen LogP contribution in [-0.4, -0.2) is 17.7 Å². The zero-order valence-corrected chi connectivity index (χ0v) is 10.7. The molecule has 2 aliphatic carbocycles. The molecular formula is C13H24FP. The predicted octanol–water partition coefficient (Wildman–Crippen LogP) is 5.06. The average Bonchev–Trinajstić information content (AvgIpc) is 2.33. The Hall–Kier alpha value is 0.360. The number of halogens is 1. The summed E-state index contributed by atoms with van der Waals surface area (Å²) in [6.45, 7) is 0. The van der Waals surface area contributed by atoms with Crippen LogP contribution in [0.15, 0.2) is 0 Å². The van der Waals surface area contributed by atoms with Crippen molar-refractivity contribution < 1.29 is 4.39 Å². The highest BCUT2D eigenvalue weighted by molar-refractivity contribution is 7.59. The van der Waals surface area contributed by atoms with Gasteiger partial charge in [0.05, 0.1) is 0 Å². The minimum atomic E-state index is -0.261. The molecule has 0 radical (unpaired) electrons. The smallest absolute Gasteiger partial charge is 0.109 e. The van der Waals surface area contributed by atoms with Crippen LogP contribution in [0.2, 0.25) is 0 Å². The van der Waals surface area contributed by atoms with E-state index in [0.717, 1.165) is 11.3 Å². The Labute approximate surface area is 94.8 Å². The van der Waals surface area contributed by atoms with Crippen LogP contribution >= 0.6 is 7.92 Å². The average molecular weight is 230 g/mol. The number of rotatable bonds is 3. The second kappa shape index (κ2) is 6.18. The third-order valence-electron chi connectivity index (χ3n) is 4.23. The molecule has 0 aliphatic heterocycles. The lowest BCUT2D eigenvalue weighted by molar-refractivity contribution is 0.473. The molecule has 2 saturated carbocycles. The molecule has 0 amide bonds. The maximum Gasteiger partial charge on any atom is 0.109 e. The van der Waals surface area contributed by atoms with Crippen molar-refractivity contribution in [2.24, 2.45) is 0 Å². The largest absolute Gasteiger partial charge is 0.246 e. The zero-order chi connectivity index (χ0) is 10.5. The van der Waals surface area contributed by atoms with Crippen molar-refractivity contribution in [2.75, 3.05) is 6.42 Å². The van der Waals surface area contributed by atoms with Crippen molar-refractivity contribution in [2.45, 2.75) is 75.5 Å². The zero-order valence-electron chi connectivity index (χ0n) is 9.76. The van der Waals surface area contributed by atoms with Crippen LogP contribution in [0.5, 0.6) is 0 Å². The van der Waals surface area contributed by atoms with Crippen molar-refractivity contribution in [3.63, 3.8) is 0 Å². The van der Waals surface area contributed by atoms with Gasteiger partial charge in [0.25, 0.3) is 0 Å². The first-order valence-corrected chi connectivity index (χ1v) is 8.40. The number of alkyl halides is 1. The molecule has 0 aromatic heterocycles. The van der Waals surface area contributed by atoms with Crippen molar-refractivity contribution in [3.05, 3.63) is 0 Å². The van der Waals surface area contributed by atoms with Gasteiger partial charge >= 0.3 is 0 Å². The lowest BCUT2D eigenvalue weighted by Gasteiger charge is -2.36. The van der Waals surface area contributed by atoms with E-state index in [9.17, 15) is 4.39 Å². The van der Waals surface area contributed by atoms with Gasteiger partial charge < -0.3 is 0 Å². The molecule has 2 rings (SSSR count). The van der Waals surface area contributed by atoms with Crippen molar-refractivity contribution in [3.8, 4) is 0 Å². The van der Waals surface area contributed by atoms with Gasteiger partial charge in [0.15, 0.2) is 0 Å². The van der Waals surface area contributed by atoms with Crippen LogP contribution in [0.25, 0.3) is 0 Å². The molecule has 0 saturated heterocycles. The molecule has 2 heteroatoms. The van der Waals surface area contributed by atoms with Crippen molar-refractivity contribution in [1.29, 1.82) is 0 Å². The Morgan fingerprint density at radius 1 is 0.733 bits per heavy atom. The standard InChI is InChI=1S/C13H24FP/c14-11-15(12-7-3-1-4-8-12)13-9-5-2-6-10-13/h12-13H,1-11H2. The van der Waals surface area contributed by atoms with E-state index in [1.807, 2.05) is 0 Å². The highest BCUT2D eigenvalue weighted by atomic mass is 31.1. The molecule has 0 aromatic carbocycles. The molecule has 0 atom stereocenters. The summed E-state index contributed by atoms with van der Waals surface area (Å²) in [5, 5.41) is 0. The maximum absolute atomic E-state index is 13.3. The molecule has 0 unspecified atom stereocenters. The van der Waals surface area contributed by atoms with E-state index >= 15 is 0 Å². The van der Waals surface area contributed by atoms with E-state index in [2.05, 4.69) is 0 Å². The van der Waals surface area contributed by atoms with Gasteiger partial charge in [0.1, 0.15) is 6.42 Å². The summed E-state index contributed by atoms with van der Waals surface area (Å²) in [4.78, 5) is 0. The number of hydrogen-bond acceptors (Lipinski definition) is 0. The summed E-state index contributed by atoms with van der Waals surface area (Å²) in [6, 6.07) is 0. The van der Waals surface area contributed by atoms with E-state index in [-0.39, 0.29) is 14.3 Å². The Balaban J connectivity index is 1.88. The third-order valence-corrected chi connectivity index (χ3v) is 7.41. The summed E-state index contributed by atoms with van der Waals surface area (Å²) >= 11 is 0. The molecule has 2 aliphatic rings. The minimum Gasteiger partial charge on any atom is -0.246 e. The van der Waals surface area contributed by atoms with Gasteiger partial charge in [-0.05, 0) is 37.0 Å². The van der Waals surface area contributed by atoms with Crippen LogP contribution in [0.3, 0.4) is 0 Å². The highest BCUT2D eigenvalue weighted by Crippen LogP contribution is 2.55. The van der Waals surface area contributed by atoms with Gasteiger partial charge in [-0.1, -0.05) is 46.4 Å². The minimum absolute atomic E-state index is 0.0185. The second-order valence-corrected chi connectivity index (χ2v) is 7.95. The first-order valence-electron chi connectivity index (χ1n) is 6.73. The van der Waals surface area contributed by atoms with Gasteiger partial charge in [-0.15, -0.1) is 0 Å². The highest BCUT2D eigenvalue weighted by Gasteiger charge is 2.30. The molecule has 0 heterocycles. The topological polar surface area (TPSA) is 0 Å². The predicted molar refractivity (Wildman–Crippen MR) is 66.6 cm³/mol. The van der Waals surface area contributed by atoms with Crippen LogP contribution in [-0.2, 0) is 0 Å². The molecule has 15 heavy (non-hydrogen) atoms. The number of hydrogen-bond donors (Lipinski definition) is 0. The summed E-state index contributed by atoms with van der Waals surface area (Å²) in [7, 11) is -0.261. The Morgan fingerprint density at radius 3 is 1.47 bits per heavy atom. The first-order chi connectivity index (χ1) is 7.42. The summed E-state index contributed by atoms with van der Waals surface area (Å²) < 4.78 is 13.3. The van der Waals surface area contributed by atoms with Crippen LogP contribution in [0.1, 0.15) is 64.2 Å². The fourth-order valence-corrected chi connectivity index (χ4v) is 6.36. The van der Waals surface area contributed by atoms with E-state index in [0.29, 0.717) is 0 Å². The van der Waals surface area contributed by atoms with Gasteiger partial charge in [-0.2, -0.15) is 0 Å². The third kappa shape index (κ3) is 3.16. The first kappa shape index (κ1) is 11.8. The fraction of sp³-hybridized carbons (Fsp3) is 1.00. The van der Waals surface area contributed by atoms with Gasteiger partial charge in [0, 0.05) is 0 Å². The molecule has 0 aromatic rings. The Morgan fingerprint density at radius 2 is 1.13 bits per heavy atom. The van der Waals surface area contributed by atoms with Crippen LogP contribution < -0.4 is 0 Å². The van der Waals surface area contributed by atoms with Crippen molar-refractivity contribution in [1.82, 2.24) is 0 Å². The second-order valence-electron chi connectivity index (χ2n) is 5.22. The SMILES string of the molecule is FCP(C1CCCCC1)C1CCCCC1. The molecule has 88 valence electrons. The Kier molecular flexibility index (Phi) is 4.88. The quantitative estimate of drug-likeness (QED) is 0.594. The molecule has 0 spiro atoms. The van der Waals surface area contributed by atoms with E-state index in [1.54, 1.807) is 0 Å². The monoisotopic (exact) mass is 230 g/mol. The van der Waals surface area contributed by atoms with E-state index in [4.69, 9.17) is 0 Å². The lowest BCUT2D eigenvalue weighted by atomic mass is 9.99. The van der Waals surface area contributed by atoms with Crippen LogP contribution in [0.4, 0.5) is 4.39 Å². The summed E-state index contributed by atoms with van der Waals surface area (Å²) in [5.74, 6) is 0. The van der Waals surface area contributed by atoms with E-state index < -0.39 is 0 Å². The normalized spacial score (nSPS) is 26.0. The Bertz CT molecular complexity index is 153. The van der Waals surface area contributed by atoms with Gasteiger partial charge in [-0.3, -0.25) is 0 Å². The van der Waals surface area contributed by atoms with Crippen molar-refractivity contribution >= 4 is 7.92 Å². The van der Waals surface area contributed by atoms with E-state index in [1.165, 1.54) is 64.2 Å².